The Kier molecular flexibility index (Phi) is 5.02. The molecular weight excluding hydrogens is 418 g/mol. The monoisotopic (exact) mass is 445 g/mol. The minimum absolute atomic E-state index is 0.0961. The summed E-state index contributed by atoms with van der Waals surface area (Å²) < 4.78 is 11.0. The second-order valence-electron chi connectivity index (χ2n) is 9.26. The van der Waals surface area contributed by atoms with Crippen LogP contribution in [0.25, 0.3) is 11.3 Å². The van der Waals surface area contributed by atoms with Crippen molar-refractivity contribution in [3.8, 4) is 22.8 Å². The van der Waals surface area contributed by atoms with Crippen LogP contribution in [0.5, 0.6) is 11.5 Å². The first-order chi connectivity index (χ1) is 16.2. The number of rotatable bonds is 3. The summed E-state index contributed by atoms with van der Waals surface area (Å²) in [4.78, 5) is 17.9. The molecule has 3 aliphatic rings. The van der Waals surface area contributed by atoms with Crippen LogP contribution >= 0.6 is 0 Å². The summed E-state index contributed by atoms with van der Waals surface area (Å²) in [6.07, 6.45) is 9.62. The Morgan fingerprint density at radius 1 is 0.939 bits per heavy atom. The summed E-state index contributed by atoms with van der Waals surface area (Å²) in [5.41, 5.74) is 3.21. The van der Waals surface area contributed by atoms with Crippen molar-refractivity contribution in [2.75, 3.05) is 42.8 Å². The summed E-state index contributed by atoms with van der Waals surface area (Å²) in [7, 11) is 0. The molecule has 1 spiro atoms. The van der Waals surface area contributed by atoms with Gasteiger partial charge in [0.2, 0.25) is 6.79 Å². The van der Waals surface area contributed by atoms with E-state index >= 15 is 0 Å². The normalized spacial score (nSPS) is 21.4. The quantitative estimate of drug-likeness (QED) is 0.658. The average Bonchev–Trinajstić information content (AvgIpc) is 3.33. The van der Waals surface area contributed by atoms with Crippen LogP contribution in [0.3, 0.4) is 0 Å². The Morgan fingerprint density at radius 3 is 2.67 bits per heavy atom. The van der Waals surface area contributed by atoms with Crippen LogP contribution in [0.15, 0.2) is 55.1 Å². The molecular formula is C25H27N5O3. The average molecular weight is 446 g/mol. The molecule has 0 radical (unpaired) electrons. The Bertz CT molecular complexity index is 1130. The van der Waals surface area contributed by atoms with Crippen molar-refractivity contribution >= 4 is 11.5 Å². The number of β-amino-alcohol motifs (C(OH)–C–C–N with tert-alkyl or cyclic N) is 1. The summed E-state index contributed by atoms with van der Waals surface area (Å²) in [6.45, 7) is 3.70. The topological polar surface area (TPSA) is 83.8 Å². The molecule has 33 heavy (non-hydrogen) atoms. The minimum atomic E-state index is -0.342. The zero-order valence-corrected chi connectivity index (χ0v) is 18.4. The van der Waals surface area contributed by atoms with Crippen molar-refractivity contribution in [1.29, 1.82) is 0 Å². The van der Waals surface area contributed by atoms with E-state index in [2.05, 4.69) is 36.9 Å². The van der Waals surface area contributed by atoms with Crippen molar-refractivity contribution in [3.05, 3.63) is 55.1 Å². The van der Waals surface area contributed by atoms with Gasteiger partial charge in [-0.25, -0.2) is 4.98 Å². The van der Waals surface area contributed by atoms with Gasteiger partial charge in [-0.15, -0.1) is 0 Å². The van der Waals surface area contributed by atoms with Crippen LogP contribution < -0.4 is 19.3 Å². The van der Waals surface area contributed by atoms with Gasteiger partial charge in [0.25, 0.3) is 0 Å². The molecule has 2 aromatic heterocycles. The van der Waals surface area contributed by atoms with Crippen molar-refractivity contribution < 1.29 is 14.6 Å². The summed E-state index contributed by atoms with van der Waals surface area (Å²) >= 11 is 0. The minimum Gasteiger partial charge on any atom is -0.454 e. The van der Waals surface area contributed by atoms with Crippen LogP contribution in [0.2, 0.25) is 0 Å². The number of fused-ring (bicyclic) bond motifs is 1. The van der Waals surface area contributed by atoms with Gasteiger partial charge < -0.3 is 24.4 Å². The van der Waals surface area contributed by atoms with Crippen molar-refractivity contribution in [2.24, 2.45) is 5.41 Å². The van der Waals surface area contributed by atoms with Crippen LogP contribution in [0.1, 0.15) is 19.3 Å². The number of aliphatic hydroxyl groups excluding tert-OH is 1. The summed E-state index contributed by atoms with van der Waals surface area (Å²) in [5, 5.41) is 10.6. The largest absolute Gasteiger partial charge is 0.454 e. The predicted octanol–water partition coefficient (Wildman–Crippen LogP) is 3.13. The highest BCUT2D eigenvalue weighted by Crippen LogP contribution is 2.42. The van der Waals surface area contributed by atoms with Crippen LogP contribution in [0.4, 0.5) is 11.5 Å². The Labute approximate surface area is 192 Å². The number of ether oxygens (including phenoxy) is 2. The standard InChI is InChI=1S/C25H27N5O3/c31-20-13-25(16-30(15-20)24-14-26-7-8-28-24)4-9-29(10-5-25)19-3-6-27-21(12-19)18-1-2-22-23(11-18)33-17-32-22/h1-3,6-8,11-12,14,20,31H,4-5,9-10,13,15-17H2. The Morgan fingerprint density at radius 2 is 1.82 bits per heavy atom. The second kappa shape index (κ2) is 8.19. The first kappa shape index (κ1) is 20.2. The van der Waals surface area contributed by atoms with E-state index in [1.165, 1.54) is 5.69 Å². The molecule has 0 aliphatic carbocycles. The van der Waals surface area contributed by atoms with Crippen LogP contribution in [-0.2, 0) is 0 Å². The first-order valence-electron chi connectivity index (χ1n) is 11.5. The van der Waals surface area contributed by atoms with E-state index < -0.39 is 0 Å². The third-order valence-corrected chi connectivity index (χ3v) is 7.10. The van der Waals surface area contributed by atoms with Crippen molar-refractivity contribution in [3.63, 3.8) is 0 Å². The zero-order chi connectivity index (χ0) is 22.3. The lowest BCUT2D eigenvalue weighted by molar-refractivity contribution is 0.0595. The van der Waals surface area contributed by atoms with Crippen LogP contribution in [0, 0.1) is 5.41 Å². The predicted molar refractivity (Wildman–Crippen MR) is 125 cm³/mol. The van der Waals surface area contributed by atoms with Crippen molar-refractivity contribution in [1.82, 2.24) is 15.0 Å². The van der Waals surface area contributed by atoms with Gasteiger partial charge in [-0.05, 0) is 55.0 Å². The zero-order valence-electron chi connectivity index (χ0n) is 18.4. The third kappa shape index (κ3) is 3.95. The lowest BCUT2D eigenvalue weighted by Crippen LogP contribution is -2.54. The number of nitrogens with zero attached hydrogens (tertiary/aromatic N) is 5. The fourth-order valence-corrected chi connectivity index (χ4v) is 5.41. The molecule has 0 saturated carbocycles. The lowest BCUT2D eigenvalue weighted by atomic mass is 9.71. The SMILES string of the molecule is OC1CN(c2cnccn2)CC2(CCN(c3ccnc(-c4ccc5c(c4)OCO5)c3)CC2)C1. The van der Waals surface area contributed by atoms with Gasteiger partial charge in [-0.1, -0.05) is 0 Å². The molecule has 0 bridgehead atoms. The molecule has 1 N–H and O–H groups in total. The number of benzene rings is 1. The van der Waals surface area contributed by atoms with E-state index in [4.69, 9.17) is 9.47 Å². The fourth-order valence-electron chi connectivity index (χ4n) is 5.41. The smallest absolute Gasteiger partial charge is 0.231 e. The highest BCUT2D eigenvalue weighted by Gasteiger charge is 2.42. The number of aliphatic hydroxyl groups is 1. The number of hydrogen-bond acceptors (Lipinski definition) is 8. The molecule has 1 aromatic carbocycles. The number of hydrogen-bond donors (Lipinski definition) is 1. The molecule has 1 atom stereocenters. The van der Waals surface area contributed by atoms with Gasteiger partial charge in [0.1, 0.15) is 5.82 Å². The van der Waals surface area contributed by atoms with E-state index in [-0.39, 0.29) is 18.3 Å². The highest BCUT2D eigenvalue weighted by atomic mass is 16.7. The Balaban J connectivity index is 1.17. The molecule has 2 fully saturated rings. The molecule has 8 nitrogen and oxygen atoms in total. The van der Waals surface area contributed by atoms with E-state index in [0.717, 1.165) is 67.5 Å². The molecule has 3 aromatic rings. The maximum atomic E-state index is 10.6. The number of pyridine rings is 1. The van der Waals surface area contributed by atoms with Gasteiger partial charge in [-0.2, -0.15) is 0 Å². The second-order valence-corrected chi connectivity index (χ2v) is 9.26. The summed E-state index contributed by atoms with van der Waals surface area (Å²) in [6, 6.07) is 10.2. The maximum Gasteiger partial charge on any atom is 0.231 e. The molecule has 170 valence electrons. The van der Waals surface area contributed by atoms with Crippen LogP contribution in [-0.4, -0.2) is 59.1 Å². The molecule has 8 heteroatoms. The van der Waals surface area contributed by atoms with Gasteiger partial charge in [0.05, 0.1) is 18.0 Å². The van der Waals surface area contributed by atoms with E-state index in [0.29, 0.717) is 6.54 Å². The van der Waals surface area contributed by atoms with Gasteiger partial charge in [0.15, 0.2) is 11.5 Å². The number of anilines is 2. The van der Waals surface area contributed by atoms with Crippen molar-refractivity contribution in [2.45, 2.75) is 25.4 Å². The Hall–Kier alpha value is -3.39. The first-order valence-corrected chi connectivity index (χ1v) is 11.5. The lowest BCUT2D eigenvalue weighted by Gasteiger charge is -2.49. The molecule has 3 aliphatic heterocycles. The molecule has 0 amide bonds. The van der Waals surface area contributed by atoms with Gasteiger partial charge in [-0.3, -0.25) is 9.97 Å². The maximum absolute atomic E-state index is 10.6. The molecule has 1 unspecified atom stereocenters. The van der Waals surface area contributed by atoms with E-state index in [9.17, 15) is 5.11 Å². The molecule has 6 rings (SSSR count). The van der Waals surface area contributed by atoms with Gasteiger partial charge in [0, 0.05) is 56.0 Å². The van der Waals surface area contributed by atoms with E-state index in [1.54, 1.807) is 18.6 Å². The highest BCUT2D eigenvalue weighted by molar-refractivity contribution is 5.68. The molecule has 2 saturated heterocycles. The molecule has 5 heterocycles. The number of piperidine rings is 2. The third-order valence-electron chi connectivity index (χ3n) is 7.10. The van der Waals surface area contributed by atoms with Gasteiger partial charge >= 0.3 is 0 Å². The van der Waals surface area contributed by atoms with E-state index in [1.807, 2.05) is 24.4 Å². The fraction of sp³-hybridized carbons (Fsp3) is 0.400. The number of aromatic nitrogens is 3. The summed E-state index contributed by atoms with van der Waals surface area (Å²) in [5.74, 6) is 2.39.